The molecule has 1 aromatic carbocycles. The third kappa shape index (κ3) is 1.86. The van der Waals surface area contributed by atoms with Crippen molar-refractivity contribution in [2.45, 2.75) is 27.7 Å². The van der Waals surface area contributed by atoms with Crippen molar-refractivity contribution in [2.24, 2.45) is 0 Å². The van der Waals surface area contributed by atoms with Crippen LogP contribution >= 0.6 is 0 Å². The van der Waals surface area contributed by atoms with Crippen LogP contribution in [-0.4, -0.2) is 9.38 Å². The van der Waals surface area contributed by atoms with E-state index in [9.17, 15) is 0 Å². The van der Waals surface area contributed by atoms with Gasteiger partial charge in [0.15, 0.2) is 0 Å². The van der Waals surface area contributed by atoms with Gasteiger partial charge in [-0.1, -0.05) is 12.1 Å². The number of nitrogen functional groups attached to an aromatic ring is 1. The molecule has 2 N–H and O–H groups in total. The van der Waals surface area contributed by atoms with E-state index in [1.807, 2.05) is 16.7 Å². The van der Waals surface area contributed by atoms with Crippen LogP contribution in [0.3, 0.4) is 0 Å². The van der Waals surface area contributed by atoms with Gasteiger partial charge in [-0.15, -0.1) is 0 Å². The Morgan fingerprint density at radius 3 is 2.40 bits per heavy atom. The van der Waals surface area contributed by atoms with Crippen molar-refractivity contribution in [1.29, 1.82) is 0 Å². The Balaban J connectivity index is 2.30. The van der Waals surface area contributed by atoms with Crippen molar-refractivity contribution in [2.75, 3.05) is 5.73 Å². The Morgan fingerprint density at radius 2 is 1.65 bits per heavy atom. The van der Waals surface area contributed by atoms with E-state index in [-0.39, 0.29) is 0 Å². The van der Waals surface area contributed by atoms with Crippen LogP contribution in [0.4, 0.5) is 5.82 Å². The molecular weight excluding hydrogens is 246 g/mol. The lowest BCUT2D eigenvalue weighted by Gasteiger charge is -2.08. The first kappa shape index (κ1) is 12.7. The van der Waals surface area contributed by atoms with Crippen LogP contribution in [0, 0.1) is 27.7 Å². The minimum atomic E-state index is 0.704. The Bertz CT molecular complexity index is 813. The van der Waals surface area contributed by atoms with Crippen LogP contribution in [0.15, 0.2) is 30.5 Å². The molecule has 3 heteroatoms. The molecular formula is C17H19N3. The second-order valence-corrected chi connectivity index (χ2v) is 5.53. The number of nitrogens with zero attached hydrogens (tertiary/aromatic N) is 2. The number of fused-ring (bicyclic) bond motifs is 1. The lowest BCUT2D eigenvalue weighted by atomic mass is 9.99. The number of pyridine rings is 1. The van der Waals surface area contributed by atoms with Gasteiger partial charge in [-0.05, 0) is 62.1 Å². The average Bonchev–Trinajstić information content (AvgIpc) is 2.71. The molecule has 2 aromatic heterocycles. The van der Waals surface area contributed by atoms with Gasteiger partial charge in [-0.2, -0.15) is 0 Å². The van der Waals surface area contributed by atoms with Crippen LogP contribution in [0.2, 0.25) is 0 Å². The van der Waals surface area contributed by atoms with Crippen LogP contribution < -0.4 is 5.73 Å². The first-order valence-corrected chi connectivity index (χ1v) is 6.80. The summed E-state index contributed by atoms with van der Waals surface area (Å²) in [4.78, 5) is 4.69. The highest BCUT2D eigenvalue weighted by molar-refractivity contribution is 5.77. The third-order valence-electron chi connectivity index (χ3n) is 3.90. The second-order valence-electron chi connectivity index (χ2n) is 5.53. The molecule has 0 aliphatic carbocycles. The number of anilines is 1. The molecule has 0 bridgehead atoms. The standard InChI is InChI=1S/C17H19N3/c1-10-5-6-15-19-16(17(18)20(15)9-10)14-8-12(3)11(2)7-13(14)4/h5-9H,18H2,1-4H3. The summed E-state index contributed by atoms with van der Waals surface area (Å²) in [6.07, 6.45) is 2.03. The minimum Gasteiger partial charge on any atom is -0.383 e. The summed E-state index contributed by atoms with van der Waals surface area (Å²) in [7, 11) is 0. The fourth-order valence-electron chi connectivity index (χ4n) is 2.58. The predicted octanol–water partition coefficient (Wildman–Crippen LogP) is 3.82. The first-order chi connectivity index (χ1) is 9.47. The monoisotopic (exact) mass is 265 g/mol. The van der Waals surface area contributed by atoms with E-state index in [0.717, 1.165) is 16.9 Å². The Hall–Kier alpha value is -2.29. The summed E-state index contributed by atoms with van der Waals surface area (Å²) in [6.45, 7) is 8.41. The van der Waals surface area contributed by atoms with Gasteiger partial charge in [-0.25, -0.2) is 4.98 Å². The van der Waals surface area contributed by atoms with Crippen LogP contribution in [-0.2, 0) is 0 Å². The van der Waals surface area contributed by atoms with Crippen molar-refractivity contribution in [3.8, 4) is 11.3 Å². The normalized spacial score (nSPS) is 11.2. The molecule has 0 aliphatic heterocycles. The number of hydrogen-bond donors (Lipinski definition) is 1. The van der Waals surface area contributed by atoms with Crippen LogP contribution in [0.5, 0.6) is 0 Å². The molecule has 3 aromatic rings. The van der Waals surface area contributed by atoms with Gasteiger partial charge in [0, 0.05) is 11.8 Å². The van der Waals surface area contributed by atoms with Crippen molar-refractivity contribution < 1.29 is 0 Å². The predicted molar refractivity (Wildman–Crippen MR) is 84.0 cm³/mol. The summed E-state index contributed by atoms with van der Waals surface area (Å²) < 4.78 is 1.96. The molecule has 0 atom stereocenters. The van der Waals surface area contributed by atoms with E-state index in [1.165, 1.54) is 22.3 Å². The highest BCUT2D eigenvalue weighted by atomic mass is 15.1. The number of aromatic nitrogens is 2. The van der Waals surface area contributed by atoms with Gasteiger partial charge in [-0.3, -0.25) is 4.40 Å². The second kappa shape index (κ2) is 4.37. The van der Waals surface area contributed by atoms with E-state index in [0.29, 0.717) is 5.82 Å². The lowest BCUT2D eigenvalue weighted by molar-refractivity contribution is 1.16. The lowest BCUT2D eigenvalue weighted by Crippen LogP contribution is -1.96. The molecule has 0 unspecified atom stereocenters. The van der Waals surface area contributed by atoms with Crippen molar-refractivity contribution in [3.63, 3.8) is 0 Å². The fraction of sp³-hybridized carbons (Fsp3) is 0.235. The van der Waals surface area contributed by atoms with Crippen LogP contribution in [0.1, 0.15) is 22.3 Å². The summed E-state index contributed by atoms with van der Waals surface area (Å²) in [5, 5.41) is 0. The molecule has 3 nitrogen and oxygen atoms in total. The molecule has 0 saturated carbocycles. The van der Waals surface area contributed by atoms with Crippen molar-refractivity contribution in [3.05, 3.63) is 52.7 Å². The SMILES string of the molecule is Cc1ccc2nc(-c3cc(C)c(C)cc3C)c(N)n2c1. The maximum absolute atomic E-state index is 6.30. The molecule has 2 heterocycles. The zero-order valence-corrected chi connectivity index (χ0v) is 12.4. The Labute approximate surface area is 119 Å². The first-order valence-electron chi connectivity index (χ1n) is 6.80. The van der Waals surface area contributed by atoms with Gasteiger partial charge in [0.1, 0.15) is 17.2 Å². The number of rotatable bonds is 1. The third-order valence-corrected chi connectivity index (χ3v) is 3.90. The molecule has 102 valence electrons. The molecule has 0 amide bonds. The van der Waals surface area contributed by atoms with Crippen LogP contribution in [0.25, 0.3) is 16.9 Å². The number of nitrogens with two attached hydrogens (primary N) is 1. The molecule has 0 spiro atoms. The molecule has 0 radical (unpaired) electrons. The van der Waals surface area contributed by atoms with Gasteiger partial charge < -0.3 is 5.73 Å². The summed E-state index contributed by atoms with van der Waals surface area (Å²) in [5.74, 6) is 0.704. The maximum atomic E-state index is 6.30. The average molecular weight is 265 g/mol. The molecule has 0 saturated heterocycles. The van der Waals surface area contributed by atoms with Gasteiger partial charge in [0.25, 0.3) is 0 Å². The highest BCUT2D eigenvalue weighted by Crippen LogP contribution is 2.31. The van der Waals surface area contributed by atoms with Crippen molar-refractivity contribution >= 4 is 11.5 Å². The van der Waals surface area contributed by atoms with E-state index in [1.54, 1.807) is 0 Å². The number of aryl methyl sites for hydroxylation is 4. The van der Waals surface area contributed by atoms with Gasteiger partial charge >= 0.3 is 0 Å². The maximum Gasteiger partial charge on any atom is 0.139 e. The topological polar surface area (TPSA) is 43.3 Å². The van der Waals surface area contributed by atoms with E-state index in [2.05, 4.69) is 45.9 Å². The Morgan fingerprint density at radius 1 is 0.950 bits per heavy atom. The van der Waals surface area contributed by atoms with Gasteiger partial charge in [0.2, 0.25) is 0 Å². The van der Waals surface area contributed by atoms with Gasteiger partial charge in [0.05, 0.1) is 0 Å². The number of benzene rings is 1. The zero-order chi connectivity index (χ0) is 14.4. The number of hydrogen-bond acceptors (Lipinski definition) is 2. The summed E-state index contributed by atoms with van der Waals surface area (Å²) >= 11 is 0. The fourth-order valence-corrected chi connectivity index (χ4v) is 2.58. The molecule has 3 rings (SSSR count). The largest absolute Gasteiger partial charge is 0.383 e. The summed E-state index contributed by atoms with van der Waals surface area (Å²) in [5.41, 5.74) is 14.1. The molecule has 0 aliphatic rings. The van der Waals surface area contributed by atoms with E-state index in [4.69, 9.17) is 10.7 Å². The summed E-state index contributed by atoms with van der Waals surface area (Å²) in [6, 6.07) is 8.43. The molecule has 20 heavy (non-hydrogen) atoms. The highest BCUT2D eigenvalue weighted by Gasteiger charge is 2.14. The molecule has 0 fully saturated rings. The minimum absolute atomic E-state index is 0.704. The van der Waals surface area contributed by atoms with E-state index >= 15 is 0 Å². The number of imidazole rings is 1. The van der Waals surface area contributed by atoms with E-state index < -0.39 is 0 Å². The smallest absolute Gasteiger partial charge is 0.139 e. The quantitative estimate of drug-likeness (QED) is 0.727. The zero-order valence-electron chi connectivity index (χ0n) is 12.4. The Kier molecular flexibility index (Phi) is 2.78. The van der Waals surface area contributed by atoms with Crippen molar-refractivity contribution in [1.82, 2.24) is 9.38 Å².